The van der Waals surface area contributed by atoms with Crippen molar-refractivity contribution in [3.05, 3.63) is 52.7 Å². The minimum atomic E-state index is 0.284. The van der Waals surface area contributed by atoms with Gasteiger partial charge in [0.2, 0.25) is 0 Å². The molecule has 2 aromatic rings. The highest BCUT2D eigenvalue weighted by molar-refractivity contribution is 8.00. The Hall–Kier alpha value is -1.06. The lowest BCUT2D eigenvalue weighted by molar-refractivity contribution is -0.115. The van der Waals surface area contributed by atoms with Gasteiger partial charge in [-0.05, 0) is 34.5 Å². The Bertz CT molecular complexity index is 434. The van der Waals surface area contributed by atoms with E-state index in [0.717, 1.165) is 10.5 Å². The maximum absolute atomic E-state index is 11.7. The molecular formula is C13H12OS2. The molecule has 0 aliphatic carbocycles. The zero-order chi connectivity index (χ0) is 11.2. The Labute approximate surface area is 104 Å². The van der Waals surface area contributed by atoms with Gasteiger partial charge in [0.15, 0.2) is 0 Å². The standard InChI is InChI=1S/C13H12OS2/c14-12(8-11-6-7-15-9-11)10-16-13-4-2-1-3-5-13/h1-7,9H,8,10H2. The first-order chi connectivity index (χ1) is 7.84. The Morgan fingerprint density at radius 3 is 2.69 bits per heavy atom. The monoisotopic (exact) mass is 248 g/mol. The van der Waals surface area contributed by atoms with Gasteiger partial charge in [-0.3, -0.25) is 4.79 Å². The summed E-state index contributed by atoms with van der Waals surface area (Å²) in [5, 5.41) is 4.04. The topological polar surface area (TPSA) is 17.1 Å². The van der Waals surface area contributed by atoms with Crippen LogP contribution in [0.3, 0.4) is 0 Å². The predicted octanol–water partition coefficient (Wildman–Crippen LogP) is 3.65. The number of rotatable bonds is 5. The second-order valence-electron chi connectivity index (χ2n) is 3.45. The molecule has 0 saturated carbocycles. The molecule has 0 bridgehead atoms. The largest absolute Gasteiger partial charge is 0.298 e. The first-order valence-corrected chi connectivity index (χ1v) is 6.98. The van der Waals surface area contributed by atoms with Crippen molar-refractivity contribution in [2.24, 2.45) is 0 Å². The average molecular weight is 248 g/mol. The molecule has 0 atom stereocenters. The van der Waals surface area contributed by atoms with Crippen LogP contribution < -0.4 is 0 Å². The summed E-state index contributed by atoms with van der Waals surface area (Å²) in [7, 11) is 0. The molecule has 0 saturated heterocycles. The highest BCUT2D eigenvalue weighted by Crippen LogP contribution is 2.17. The highest BCUT2D eigenvalue weighted by Gasteiger charge is 2.04. The summed E-state index contributed by atoms with van der Waals surface area (Å²) in [6.45, 7) is 0. The lowest BCUT2D eigenvalue weighted by Crippen LogP contribution is -2.04. The Morgan fingerprint density at radius 2 is 2.00 bits per heavy atom. The molecule has 2 rings (SSSR count). The van der Waals surface area contributed by atoms with E-state index in [4.69, 9.17) is 0 Å². The molecule has 3 heteroatoms. The van der Waals surface area contributed by atoms with Gasteiger partial charge in [0.05, 0.1) is 5.75 Å². The van der Waals surface area contributed by atoms with Gasteiger partial charge in [-0.15, -0.1) is 11.8 Å². The number of benzene rings is 1. The number of carbonyl (C=O) groups is 1. The lowest BCUT2D eigenvalue weighted by Gasteiger charge is -2.00. The Kier molecular flexibility index (Phi) is 4.19. The third-order valence-corrected chi connectivity index (χ3v) is 3.93. The third-order valence-electron chi connectivity index (χ3n) is 2.12. The zero-order valence-corrected chi connectivity index (χ0v) is 10.4. The van der Waals surface area contributed by atoms with Gasteiger partial charge in [-0.2, -0.15) is 11.3 Å². The van der Waals surface area contributed by atoms with Gasteiger partial charge in [0, 0.05) is 11.3 Å². The van der Waals surface area contributed by atoms with E-state index in [9.17, 15) is 4.79 Å². The van der Waals surface area contributed by atoms with Gasteiger partial charge >= 0.3 is 0 Å². The zero-order valence-electron chi connectivity index (χ0n) is 8.76. The van der Waals surface area contributed by atoms with E-state index in [1.807, 2.05) is 47.2 Å². The molecule has 0 fully saturated rings. The smallest absolute Gasteiger partial charge is 0.147 e. The number of Topliss-reactive ketones (excluding diaryl/α,β-unsaturated/α-hetero) is 1. The van der Waals surface area contributed by atoms with Crippen molar-refractivity contribution in [3.8, 4) is 0 Å². The predicted molar refractivity (Wildman–Crippen MR) is 70.2 cm³/mol. The number of hydrogen-bond acceptors (Lipinski definition) is 3. The van der Waals surface area contributed by atoms with Crippen LogP contribution in [0.5, 0.6) is 0 Å². The second kappa shape index (κ2) is 5.87. The summed E-state index contributed by atoms with van der Waals surface area (Å²) in [6, 6.07) is 12.0. The van der Waals surface area contributed by atoms with E-state index in [0.29, 0.717) is 12.2 Å². The molecule has 0 radical (unpaired) electrons. The molecule has 1 nitrogen and oxygen atoms in total. The molecule has 0 aliphatic rings. The van der Waals surface area contributed by atoms with Crippen LogP contribution in [0.15, 0.2) is 52.1 Å². The highest BCUT2D eigenvalue weighted by atomic mass is 32.2. The van der Waals surface area contributed by atoms with Crippen LogP contribution in [-0.4, -0.2) is 11.5 Å². The third kappa shape index (κ3) is 3.51. The molecule has 0 unspecified atom stereocenters. The quantitative estimate of drug-likeness (QED) is 0.751. The fraction of sp³-hybridized carbons (Fsp3) is 0.154. The van der Waals surface area contributed by atoms with Crippen molar-refractivity contribution in [2.75, 3.05) is 5.75 Å². The van der Waals surface area contributed by atoms with Crippen molar-refractivity contribution in [1.29, 1.82) is 0 Å². The second-order valence-corrected chi connectivity index (χ2v) is 5.28. The van der Waals surface area contributed by atoms with E-state index in [-0.39, 0.29) is 5.78 Å². The number of carbonyl (C=O) groups excluding carboxylic acids is 1. The fourth-order valence-electron chi connectivity index (χ4n) is 1.35. The van der Waals surface area contributed by atoms with Crippen molar-refractivity contribution in [3.63, 3.8) is 0 Å². The molecule has 0 amide bonds. The van der Waals surface area contributed by atoms with E-state index in [1.165, 1.54) is 0 Å². The first-order valence-electron chi connectivity index (χ1n) is 5.05. The minimum absolute atomic E-state index is 0.284. The van der Waals surface area contributed by atoms with Crippen molar-refractivity contribution in [1.82, 2.24) is 0 Å². The summed E-state index contributed by atoms with van der Waals surface area (Å²) in [5.41, 5.74) is 1.13. The lowest BCUT2D eigenvalue weighted by atomic mass is 10.2. The van der Waals surface area contributed by atoms with Gasteiger partial charge in [-0.1, -0.05) is 18.2 Å². The summed E-state index contributed by atoms with van der Waals surface area (Å²) in [5.74, 6) is 0.840. The normalized spacial score (nSPS) is 10.2. The Balaban J connectivity index is 1.80. The van der Waals surface area contributed by atoms with Gasteiger partial charge in [0.25, 0.3) is 0 Å². The fourth-order valence-corrected chi connectivity index (χ4v) is 2.80. The van der Waals surface area contributed by atoms with Crippen molar-refractivity contribution in [2.45, 2.75) is 11.3 Å². The number of thioether (sulfide) groups is 1. The number of thiophene rings is 1. The first kappa shape index (κ1) is 11.4. The molecule has 0 N–H and O–H groups in total. The van der Waals surface area contributed by atoms with Crippen LogP contribution in [0.25, 0.3) is 0 Å². The van der Waals surface area contributed by atoms with Crippen LogP contribution in [0, 0.1) is 0 Å². The van der Waals surface area contributed by atoms with E-state index >= 15 is 0 Å². The van der Waals surface area contributed by atoms with E-state index < -0.39 is 0 Å². The summed E-state index contributed by atoms with van der Waals surface area (Å²) in [6.07, 6.45) is 0.559. The van der Waals surface area contributed by atoms with Gasteiger partial charge in [0.1, 0.15) is 5.78 Å². The summed E-state index contributed by atoms with van der Waals surface area (Å²) < 4.78 is 0. The van der Waals surface area contributed by atoms with Crippen LogP contribution >= 0.6 is 23.1 Å². The Morgan fingerprint density at radius 1 is 1.19 bits per heavy atom. The SMILES string of the molecule is O=C(CSc1ccccc1)Cc1ccsc1. The molecule has 1 aromatic carbocycles. The van der Waals surface area contributed by atoms with Crippen LogP contribution in [0.2, 0.25) is 0 Å². The van der Waals surface area contributed by atoms with Crippen LogP contribution in [-0.2, 0) is 11.2 Å². The van der Waals surface area contributed by atoms with Crippen molar-refractivity contribution < 1.29 is 4.79 Å². The minimum Gasteiger partial charge on any atom is -0.298 e. The van der Waals surface area contributed by atoms with E-state index in [2.05, 4.69) is 0 Å². The van der Waals surface area contributed by atoms with Crippen molar-refractivity contribution >= 4 is 28.9 Å². The maximum atomic E-state index is 11.7. The molecular weight excluding hydrogens is 236 g/mol. The molecule has 0 aliphatic heterocycles. The molecule has 82 valence electrons. The molecule has 0 spiro atoms. The molecule has 16 heavy (non-hydrogen) atoms. The van der Waals surface area contributed by atoms with Crippen LogP contribution in [0.4, 0.5) is 0 Å². The summed E-state index contributed by atoms with van der Waals surface area (Å²) in [4.78, 5) is 12.8. The van der Waals surface area contributed by atoms with Gasteiger partial charge < -0.3 is 0 Å². The van der Waals surface area contributed by atoms with Gasteiger partial charge in [-0.25, -0.2) is 0 Å². The maximum Gasteiger partial charge on any atom is 0.147 e. The van der Waals surface area contributed by atoms with E-state index in [1.54, 1.807) is 23.1 Å². The average Bonchev–Trinajstić information content (AvgIpc) is 2.81. The summed E-state index contributed by atoms with van der Waals surface area (Å²) >= 11 is 3.24. The molecule has 1 aromatic heterocycles. The molecule has 1 heterocycles. The number of hydrogen-bond donors (Lipinski definition) is 0. The number of ketones is 1. The van der Waals surface area contributed by atoms with Crippen LogP contribution in [0.1, 0.15) is 5.56 Å².